The second-order valence-electron chi connectivity index (χ2n) is 5.51. The molecular weight excluding hydrogens is 408 g/mol. The monoisotopic (exact) mass is 422 g/mol. The molecule has 24 heavy (non-hydrogen) atoms. The Balaban J connectivity index is 2.10. The third kappa shape index (κ3) is 3.53. The van der Waals surface area contributed by atoms with Crippen molar-refractivity contribution >= 4 is 50.2 Å². The van der Waals surface area contributed by atoms with Gasteiger partial charge in [0.1, 0.15) is 0 Å². The predicted octanol–water partition coefficient (Wildman–Crippen LogP) is 5.28. The molecule has 0 radical (unpaired) electrons. The van der Waals surface area contributed by atoms with Gasteiger partial charge in [0.2, 0.25) is 0 Å². The van der Waals surface area contributed by atoms with E-state index in [1.165, 1.54) is 0 Å². The van der Waals surface area contributed by atoms with E-state index in [1.54, 1.807) is 22.7 Å². The zero-order chi connectivity index (χ0) is 17.3. The van der Waals surface area contributed by atoms with Crippen LogP contribution in [0.5, 0.6) is 0 Å². The molecule has 0 atom stereocenters. The summed E-state index contributed by atoms with van der Waals surface area (Å²) in [5, 5.41) is 1.29. The second kappa shape index (κ2) is 7.30. The number of hydrogen-bond acceptors (Lipinski definition) is 3. The molecule has 0 spiro atoms. The largest absolute Gasteiger partial charge is 0.294 e. The Morgan fingerprint density at radius 3 is 2.83 bits per heavy atom. The van der Waals surface area contributed by atoms with E-state index in [1.807, 2.05) is 37.3 Å². The lowest BCUT2D eigenvalue weighted by molar-refractivity contribution is 0.738. The van der Waals surface area contributed by atoms with Gasteiger partial charge in [0.05, 0.1) is 23.8 Å². The Morgan fingerprint density at radius 2 is 2.08 bits per heavy atom. The Hall–Kier alpha value is -1.30. The molecule has 0 aliphatic heterocycles. The smallest absolute Gasteiger partial charge is 0.261 e. The fourth-order valence-electron chi connectivity index (χ4n) is 2.63. The molecule has 124 valence electrons. The lowest BCUT2D eigenvalue weighted by atomic mass is 10.1. The topological polar surface area (TPSA) is 34.9 Å². The highest BCUT2D eigenvalue weighted by molar-refractivity contribution is 9.10. The molecule has 0 aliphatic carbocycles. The first-order valence-corrected chi connectivity index (χ1v) is 9.71. The SMILES string of the molecule is CCSc1ccc(Cl)cc1Cn1cnc2c(Br)cc(C)cc2c1=O. The van der Waals surface area contributed by atoms with Crippen molar-refractivity contribution in [1.82, 2.24) is 9.55 Å². The van der Waals surface area contributed by atoms with Crippen LogP contribution in [0, 0.1) is 6.92 Å². The molecule has 0 unspecified atom stereocenters. The maximum absolute atomic E-state index is 12.9. The maximum Gasteiger partial charge on any atom is 0.261 e. The van der Waals surface area contributed by atoms with Crippen molar-refractivity contribution in [2.45, 2.75) is 25.3 Å². The molecule has 0 fully saturated rings. The Morgan fingerprint density at radius 1 is 1.29 bits per heavy atom. The van der Waals surface area contributed by atoms with Crippen molar-refractivity contribution in [2.24, 2.45) is 0 Å². The van der Waals surface area contributed by atoms with E-state index in [4.69, 9.17) is 11.6 Å². The number of halogens is 2. The molecule has 0 aliphatic rings. The predicted molar refractivity (Wildman–Crippen MR) is 105 cm³/mol. The summed E-state index contributed by atoms with van der Waals surface area (Å²) >= 11 is 11.4. The minimum Gasteiger partial charge on any atom is -0.294 e. The van der Waals surface area contributed by atoms with Gasteiger partial charge in [-0.3, -0.25) is 9.36 Å². The molecule has 0 amide bonds. The lowest BCUT2D eigenvalue weighted by Gasteiger charge is -2.12. The molecule has 3 rings (SSSR count). The van der Waals surface area contributed by atoms with Gasteiger partial charge in [0.15, 0.2) is 0 Å². The number of rotatable bonds is 4. The summed E-state index contributed by atoms with van der Waals surface area (Å²) in [4.78, 5) is 18.4. The van der Waals surface area contributed by atoms with Crippen LogP contribution in [0.25, 0.3) is 10.9 Å². The molecule has 0 saturated heterocycles. The quantitative estimate of drug-likeness (QED) is 0.535. The van der Waals surface area contributed by atoms with Crippen LogP contribution in [-0.4, -0.2) is 15.3 Å². The van der Waals surface area contributed by atoms with Crippen LogP contribution in [0.2, 0.25) is 5.02 Å². The van der Waals surface area contributed by atoms with E-state index in [-0.39, 0.29) is 5.56 Å². The number of hydrogen-bond donors (Lipinski definition) is 0. The van der Waals surface area contributed by atoms with Crippen LogP contribution < -0.4 is 5.56 Å². The Bertz CT molecular complexity index is 971. The fourth-order valence-corrected chi connectivity index (χ4v) is 4.28. The molecule has 0 N–H and O–H groups in total. The van der Waals surface area contributed by atoms with Crippen LogP contribution in [0.3, 0.4) is 0 Å². The van der Waals surface area contributed by atoms with Crippen LogP contribution in [0.1, 0.15) is 18.1 Å². The summed E-state index contributed by atoms with van der Waals surface area (Å²) in [5.74, 6) is 0.964. The number of aryl methyl sites for hydroxylation is 1. The summed E-state index contributed by atoms with van der Waals surface area (Å²) in [5.41, 5.74) is 2.70. The highest BCUT2D eigenvalue weighted by atomic mass is 79.9. The van der Waals surface area contributed by atoms with Crippen molar-refractivity contribution in [1.29, 1.82) is 0 Å². The van der Waals surface area contributed by atoms with Crippen molar-refractivity contribution in [3.63, 3.8) is 0 Å². The maximum atomic E-state index is 12.9. The van der Waals surface area contributed by atoms with E-state index in [2.05, 4.69) is 27.8 Å². The molecule has 1 heterocycles. The van der Waals surface area contributed by atoms with Crippen LogP contribution in [-0.2, 0) is 6.54 Å². The molecule has 2 aromatic carbocycles. The summed E-state index contributed by atoms with van der Waals surface area (Å²) < 4.78 is 2.48. The normalized spacial score (nSPS) is 11.2. The average molecular weight is 424 g/mol. The minimum atomic E-state index is -0.0446. The van der Waals surface area contributed by atoms with Gasteiger partial charge in [0.25, 0.3) is 5.56 Å². The number of benzene rings is 2. The third-order valence-corrected chi connectivity index (χ3v) is 5.53. The van der Waals surface area contributed by atoms with Gasteiger partial charge in [-0.25, -0.2) is 4.98 Å². The van der Waals surface area contributed by atoms with Gasteiger partial charge in [-0.05, 0) is 70.1 Å². The van der Waals surface area contributed by atoms with Gasteiger partial charge in [-0.1, -0.05) is 18.5 Å². The van der Waals surface area contributed by atoms with E-state index in [9.17, 15) is 4.79 Å². The Kier molecular flexibility index (Phi) is 5.33. The number of aromatic nitrogens is 2. The zero-order valence-electron chi connectivity index (χ0n) is 13.3. The van der Waals surface area contributed by atoms with Gasteiger partial charge in [0, 0.05) is 14.4 Å². The van der Waals surface area contributed by atoms with Crippen LogP contribution >= 0.6 is 39.3 Å². The molecule has 1 aromatic heterocycles. The molecule has 3 aromatic rings. The standard InChI is InChI=1S/C18H16BrClN2OS/c1-3-24-16-5-4-13(20)8-12(16)9-22-10-21-17-14(18(22)23)6-11(2)7-15(17)19/h4-8,10H,3,9H2,1-2H3. The molecular formula is C18H16BrClN2OS. The zero-order valence-corrected chi connectivity index (χ0v) is 16.5. The Labute approximate surface area is 158 Å². The van der Waals surface area contributed by atoms with E-state index in [0.717, 1.165) is 26.2 Å². The van der Waals surface area contributed by atoms with E-state index >= 15 is 0 Å². The number of thioether (sulfide) groups is 1. The highest BCUT2D eigenvalue weighted by Gasteiger charge is 2.10. The van der Waals surface area contributed by atoms with Crippen LogP contribution in [0.15, 0.2) is 50.8 Å². The highest BCUT2D eigenvalue weighted by Crippen LogP contribution is 2.26. The van der Waals surface area contributed by atoms with Crippen molar-refractivity contribution in [2.75, 3.05) is 5.75 Å². The number of fused-ring (bicyclic) bond motifs is 1. The summed E-state index contributed by atoms with van der Waals surface area (Å²) in [6.45, 7) is 4.53. The molecule has 3 nitrogen and oxygen atoms in total. The number of nitrogens with zero attached hydrogens (tertiary/aromatic N) is 2. The fraction of sp³-hybridized carbons (Fsp3) is 0.222. The van der Waals surface area contributed by atoms with Gasteiger partial charge in [-0.2, -0.15) is 0 Å². The van der Waals surface area contributed by atoms with Crippen molar-refractivity contribution in [3.05, 3.63) is 67.6 Å². The summed E-state index contributed by atoms with van der Waals surface area (Å²) in [6.07, 6.45) is 1.60. The van der Waals surface area contributed by atoms with Gasteiger partial charge >= 0.3 is 0 Å². The first kappa shape index (κ1) is 17.5. The second-order valence-corrected chi connectivity index (χ2v) is 8.10. The van der Waals surface area contributed by atoms with Crippen LogP contribution in [0.4, 0.5) is 0 Å². The average Bonchev–Trinajstić information content (AvgIpc) is 2.53. The van der Waals surface area contributed by atoms with E-state index < -0.39 is 0 Å². The lowest BCUT2D eigenvalue weighted by Crippen LogP contribution is -2.21. The van der Waals surface area contributed by atoms with E-state index in [0.29, 0.717) is 22.5 Å². The first-order valence-electron chi connectivity index (χ1n) is 7.56. The van der Waals surface area contributed by atoms with Gasteiger partial charge < -0.3 is 0 Å². The summed E-state index contributed by atoms with van der Waals surface area (Å²) in [6, 6.07) is 9.65. The molecule has 6 heteroatoms. The van der Waals surface area contributed by atoms with Crippen molar-refractivity contribution in [3.8, 4) is 0 Å². The molecule has 0 saturated carbocycles. The first-order chi connectivity index (χ1) is 11.5. The minimum absolute atomic E-state index is 0.0446. The summed E-state index contributed by atoms with van der Waals surface area (Å²) in [7, 11) is 0. The molecule has 0 bridgehead atoms. The van der Waals surface area contributed by atoms with Gasteiger partial charge in [-0.15, -0.1) is 11.8 Å². The van der Waals surface area contributed by atoms with Crippen molar-refractivity contribution < 1.29 is 0 Å². The third-order valence-electron chi connectivity index (χ3n) is 3.69.